The van der Waals surface area contributed by atoms with Crippen LogP contribution in [0.25, 0.3) is 22.0 Å². The third-order valence-corrected chi connectivity index (χ3v) is 7.59. The number of para-hydroxylation sites is 1. The number of carbonyl (C=O) groups is 1. The van der Waals surface area contributed by atoms with Crippen LogP contribution in [0.2, 0.25) is 0 Å². The van der Waals surface area contributed by atoms with Crippen LogP contribution < -0.4 is 10.6 Å². The molecule has 7 rings (SSSR count). The van der Waals surface area contributed by atoms with Crippen molar-refractivity contribution in [3.05, 3.63) is 88.7 Å². The summed E-state index contributed by atoms with van der Waals surface area (Å²) in [6.45, 7) is 1.89. The number of rotatable bonds is 6. The Bertz CT molecular complexity index is 1760. The molecule has 0 spiro atoms. The van der Waals surface area contributed by atoms with Crippen LogP contribution in [-0.2, 0) is 4.79 Å². The first kappa shape index (κ1) is 24.2. The molecule has 1 amide bonds. The third kappa shape index (κ3) is 4.51. The zero-order chi connectivity index (χ0) is 27.2. The monoisotopic (exact) mass is 552 g/mol. The largest absolute Gasteiger partial charge is 0.402 e. The molecule has 1 saturated carbocycles. The molecule has 0 bridgehead atoms. The number of fused-ring (bicyclic) bond motifs is 1. The highest BCUT2D eigenvalue weighted by Crippen LogP contribution is 2.40. The van der Waals surface area contributed by atoms with Crippen LogP contribution >= 0.6 is 11.3 Å². The fraction of sp³-hybridized carbons (Fsp3) is 0.179. The molecule has 4 heterocycles. The molecule has 12 heteroatoms. The van der Waals surface area contributed by atoms with Gasteiger partial charge in [0, 0.05) is 35.0 Å². The lowest BCUT2D eigenvalue weighted by molar-refractivity contribution is -0.116. The van der Waals surface area contributed by atoms with Gasteiger partial charge in [0.15, 0.2) is 0 Å². The minimum atomic E-state index is -1.17. The van der Waals surface area contributed by atoms with E-state index in [2.05, 4.69) is 40.8 Å². The van der Waals surface area contributed by atoms with Gasteiger partial charge in [-0.3, -0.25) is 4.79 Å². The first-order valence-electron chi connectivity index (χ1n) is 12.7. The number of aliphatic imine (C=N–C) groups is 1. The van der Waals surface area contributed by atoms with E-state index in [9.17, 15) is 9.18 Å². The summed E-state index contributed by atoms with van der Waals surface area (Å²) in [5, 5.41) is 14.6. The van der Waals surface area contributed by atoms with Crippen LogP contribution in [-0.4, -0.2) is 42.9 Å². The van der Waals surface area contributed by atoms with Gasteiger partial charge in [-0.1, -0.05) is 47.6 Å². The highest BCUT2D eigenvalue weighted by molar-refractivity contribution is 7.15. The molecular weight excluding hydrogens is 531 g/mol. The van der Waals surface area contributed by atoms with E-state index in [4.69, 9.17) is 4.42 Å². The predicted octanol–water partition coefficient (Wildman–Crippen LogP) is 5.20. The molecule has 1 fully saturated rings. The summed E-state index contributed by atoms with van der Waals surface area (Å²) in [6, 6.07) is 13.8. The van der Waals surface area contributed by atoms with Crippen molar-refractivity contribution in [3.63, 3.8) is 0 Å². The van der Waals surface area contributed by atoms with Crippen LogP contribution in [0.5, 0.6) is 0 Å². The van der Waals surface area contributed by atoms with E-state index < -0.39 is 17.9 Å². The molecule has 1 atom stereocenters. The zero-order valence-electron chi connectivity index (χ0n) is 21.1. The van der Waals surface area contributed by atoms with Crippen molar-refractivity contribution in [3.8, 4) is 22.0 Å². The summed E-state index contributed by atoms with van der Waals surface area (Å²) < 4.78 is 20.7. The Kier molecular flexibility index (Phi) is 5.89. The van der Waals surface area contributed by atoms with Crippen LogP contribution in [0.15, 0.2) is 70.3 Å². The van der Waals surface area contributed by atoms with Gasteiger partial charge in [-0.15, -0.1) is 16.4 Å². The molecule has 2 aromatic carbocycles. The van der Waals surface area contributed by atoms with Crippen molar-refractivity contribution in [1.82, 2.24) is 25.1 Å². The first-order chi connectivity index (χ1) is 19.5. The number of hydrogen-bond donors (Lipinski definition) is 2. The van der Waals surface area contributed by atoms with Crippen molar-refractivity contribution < 1.29 is 13.6 Å². The standard InChI is InChI=1S/C28H21FN8O2S/c1-14-32-22(23(40-14)17-12-30-24(31-13-17)16-10-11-16)27-36-37-28(39-27)35-25-26(38)34-21-18(8-5-9-19(21)29)20(33-25)15-6-3-2-4-7-15/h2-9,12-13,16,25H,10-11H2,1H3,(H,34,38)(H,35,37)/t25-/m0/s1. The smallest absolute Gasteiger partial charge is 0.317 e. The second kappa shape index (κ2) is 9.72. The van der Waals surface area contributed by atoms with Gasteiger partial charge >= 0.3 is 6.01 Å². The summed E-state index contributed by atoms with van der Waals surface area (Å²) in [7, 11) is 0. The number of amides is 1. The molecule has 2 aliphatic rings. The molecule has 2 N–H and O–H groups in total. The van der Waals surface area contributed by atoms with E-state index in [1.54, 1.807) is 24.5 Å². The Balaban J connectivity index is 1.21. The maximum atomic E-state index is 14.8. The van der Waals surface area contributed by atoms with Gasteiger partial charge in [-0.05, 0) is 25.8 Å². The second-order valence-electron chi connectivity index (χ2n) is 9.47. The quantitative estimate of drug-likeness (QED) is 0.294. The maximum Gasteiger partial charge on any atom is 0.317 e. The molecule has 0 unspecified atom stereocenters. The molecule has 5 aromatic rings. The summed E-state index contributed by atoms with van der Waals surface area (Å²) in [5.74, 6) is 0.349. The average molecular weight is 553 g/mol. The van der Waals surface area contributed by atoms with Gasteiger partial charge in [-0.25, -0.2) is 24.3 Å². The number of nitrogens with one attached hydrogen (secondary N) is 2. The fourth-order valence-electron chi connectivity index (χ4n) is 4.49. The normalized spacial score (nSPS) is 16.6. The second-order valence-corrected chi connectivity index (χ2v) is 10.7. The van der Waals surface area contributed by atoms with Crippen LogP contribution in [0.1, 0.15) is 40.7 Å². The SMILES string of the molecule is Cc1nc(-c2nnc(N[C@@H]3N=C(c4ccccc4)c4cccc(F)c4NC3=O)o2)c(-c2cnc(C3CC3)nc2)s1. The van der Waals surface area contributed by atoms with E-state index >= 15 is 0 Å². The number of benzodiazepines with no additional fused rings is 1. The Hall–Kier alpha value is -4.84. The molecule has 0 radical (unpaired) electrons. The molecule has 3 aromatic heterocycles. The number of benzene rings is 2. The average Bonchev–Trinajstić information content (AvgIpc) is 3.63. The Labute approximate surface area is 231 Å². The molecule has 1 aliphatic carbocycles. The van der Waals surface area contributed by atoms with Crippen molar-refractivity contribution >= 4 is 34.7 Å². The lowest BCUT2D eigenvalue weighted by atomic mass is 10.0. The van der Waals surface area contributed by atoms with Crippen LogP contribution in [0.3, 0.4) is 0 Å². The maximum absolute atomic E-state index is 14.8. The topological polar surface area (TPSA) is 131 Å². The van der Waals surface area contributed by atoms with Gasteiger partial charge in [0.1, 0.15) is 17.3 Å². The molecular formula is C28H21FN8O2S. The van der Waals surface area contributed by atoms with Gasteiger partial charge in [0.05, 0.1) is 21.3 Å². The highest BCUT2D eigenvalue weighted by atomic mass is 32.1. The summed E-state index contributed by atoms with van der Waals surface area (Å²) in [4.78, 5) is 32.2. The van der Waals surface area contributed by atoms with E-state index in [0.717, 1.165) is 39.7 Å². The van der Waals surface area contributed by atoms with Crippen molar-refractivity contribution in [2.24, 2.45) is 4.99 Å². The summed E-state index contributed by atoms with van der Waals surface area (Å²) in [5.41, 5.74) is 2.99. The van der Waals surface area contributed by atoms with Crippen LogP contribution in [0.4, 0.5) is 16.1 Å². The van der Waals surface area contributed by atoms with E-state index in [1.165, 1.54) is 17.4 Å². The number of carbonyl (C=O) groups excluding carboxylic acids is 1. The zero-order valence-corrected chi connectivity index (χ0v) is 21.9. The molecule has 10 nitrogen and oxygen atoms in total. The van der Waals surface area contributed by atoms with E-state index in [-0.39, 0.29) is 17.6 Å². The fourth-order valence-corrected chi connectivity index (χ4v) is 5.38. The number of aryl methyl sites for hydroxylation is 1. The number of hydrogen-bond acceptors (Lipinski definition) is 10. The molecule has 198 valence electrons. The predicted molar refractivity (Wildman–Crippen MR) is 148 cm³/mol. The van der Waals surface area contributed by atoms with Crippen molar-refractivity contribution in [1.29, 1.82) is 0 Å². The first-order valence-corrected chi connectivity index (χ1v) is 13.5. The minimum absolute atomic E-state index is 0.0327. The molecule has 40 heavy (non-hydrogen) atoms. The molecule has 0 saturated heterocycles. The van der Waals surface area contributed by atoms with Crippen molar-refractivity contribution in [2.75, 3.05) is 10.6 Å². The number of thiazole rings is 1. The lowest BCUT2D eigenvalue weighted by Gasteiger charge is -2.11. The Morgan fingerprint density at radius 1 is 1.02 bits per heavy atom. The highest BCUT2D eigenvalue weighted by Gasteiger charge is 2.30. The third-order valence-electron chi connectivity index (χ3n) is 6.57. The van der Waals surface area contributed by atoms with Gasteiger partial charge in [0.25, 0.3) is 11.8 Å². The van der Waals surface area contributed by atoms with Crippen LogP contribution in [0, 0.1) is 12.7 Å². The summed E-state index contributed by atoms with van der Waals surface area (Å²) >= 11 is 1.47. The summed E-state index contributed by atoms with van der Waals surface area (Å²) in [6.07, 6.45) is 4.66. The Morgan fingerprint density at radius 3 is 2.60 bits per heavy atom. The minimum Gasteiger partial charge on any atom is -0.402 e. The number of halogens is 1. The number of aromatic nitrogens is 5. The van der Waals surface area contributed by atoms with E-state index in [0.29, 0.717) is 22.9 Å². The lowest BCUT2D eigenvalue weighted by Crippen LogP contribution is -2.32. The van der Waals surface area contributed by atoms with Gasteiger partial charge in [0.2, 0.25) is 6.17 Å². The van der Waals surface area contributed by atoms with Gasteiger partial charge < -0.3 is 15.1 Å². The van der Waals surface area contributed by atoms with Crippen molar-refractivity contribution in [2.45, 2.75) is 31.8 Å². The number of anilines is 2. The molecule has 1 aliphatic heterocycles. The van der Waals surface area contributed by atoms with E-state index in [1.807, 2.05) is 37.3 Å². The number of nitrogens with zero attached hydrogens (tertiary/aromatic N) is 6. The van der Waals surface area contributed by atoms with Gasteiger partial charge in [-0.2, -0.15) is 0 Å². The Morgan fingerprint density at radius 2 is 1.82 bits per heavy atom.